The standard InChI is InChI=1S/C15H20ClNO2.CH2O3/c1-19-13-8-7-11(14(16)10-13)9-15(18)17-12-5-3-2-4-6-12;2-1(3)4/h7-8,10,12H,2-6,9H2,1H3,(H,17,18);(H2,2,3,4). The molecule has 0 aliphatic heterocycles. The highest BCUT2D eigenvalue weighted by Crippen LogP contribution is 2.23. The molecule has 7 heteroatoms. The summed E-state index contributed by atoms with van der Waals surface area (Å²) < 4.78 is 5.09. The molecule has 1 aliphatic carbocycles. The van der Waals surface area contributed by atoms with Crippen LogP contribution in [0.4, 0.5) is 4.79 Å². The topological polar surface area (TPSA) is 95.9 Å². The van der Waals surface area contributed by atoms with Crippen molar-refractivity contribution in [1.29, 1.82) is 0 Å². The van der Waals surface area contributed by atoms with E-state index in [1.165, 1.54) is 19.3 Å². The lowest BCUT2D eigenvalue weighted by atomic mass is 9.95. The molecule has 0 bridgehead atoms. The van der Waals surface area contributed by atoms with Gasteiger partial charge in [0.15, 0.2) is 0 Å². The first-order chi connectivity index (χ1) is 10.9. The largest absolute Gasteiger partial charge is 0.503 e. The lowest BCUT2D eigenvalue weighted by molar-refractivity contribution is -0.121. The van der Waals surface area contributed by atoms with Gasteiger partial charge in [-0.1, -0.05) is 36.9 Å². The molecule has 0 radical (unpaired) electrons. The Labute approximate surface area is 140 Å². The predicted molar refractivity (Wildman–Crippen MR) is 87.4 cm³/mol. The molecular formula is C16H22ClNO5. The molecule has 0 heterocycles. The van der Waals surface area contributed by atoms with Crippen LogP contribution in [-0.2, 0) is 11.2 Å². The Hall–Kier alpha value is -1.95. The van der Waals surface area contributed by atoms with Gasteiger partial charge in [-0.15, -0.1) is 0 Å². The van der Waals surface area contributed by atoms with Crippen LogP contribution in [0.1, 0.15) is 37.7 Å². The number of ether oxygens (including phenoxy) is 1. The second kappa shape index (κ2) is 9.94. The number of amides is 1. The van der Waals surface area contributed by atoms with Crippen molar-refractivity contribution in [2.24, 2.45) is 0 Å². The van der Waals surface area contributed by atoms with E-state index in [1.807, 2.05) is 12.1 Å². The third kappa shape index (κ3) is 7.74. The van der Waals surface area contributed by atoms with Crippen LogP contribution in [0.3, 0.4) is 0 Å². The highest BCUT2D eigenvalue weighted by molar-refractivity contribution is 6.31. The number of nitrogens with one attached hydrogen (secondary N) is 1. The summed E-state index contributed by atoms with van der Waals surface area (Å²) in [4.78, 5) is 20.5. The van der Waals surface area contributed by atoms with Crippen molar-refractivity contribution in [3.05, 3.63) is 28.8 Å². The SMILES string of the molecule is COc1ccc(CC(=O)NC2CCCCC2)c(Cl)c1.O=C(O)O. The zero-order valence-electron chi connectivity index (χ0n) is 13.0. The van der Waals surface area contributed by atoms with Crippen molar-refractivity contribution >= 4 is 23.7 Å². The molecule has 23 heavy (non-hydrogen) atoms. The van der Waals surface area contributed by atoms with Crippen LogP contribution in [0, 0.1) is 0 Å². The van der Waals surface area contributed by atoms with Crippen molar-refractivity contribution in [2.75, 3.05) is 7.11 Å². The monoisotopic (exact) mass is 343 g/mol. The Bertz CT molecular complexity index is 525. The maximum absolute atomic E-state index is 12.0. The number of carbonyl (C=O) groups excluding carboxylic acids is 1. The summed E-state index contributed by atoms with van der Waals surface area (Å²) in [5.41, 5.74) is 0.843. The summed E-state index contributed by atoms with van der Waals surface area (Å²) in [6.07, 6.45) is 4.42. The summed E-state index contributed by atoms with van der Waals surface area (Å²) in [6, 6.07) is 5.76. The number of rotatable bonds is 4. The van der Waals surface area contributed by atoms with E-state index in [9.17, 15) is 4.79 Å². The fraction of sp³-hybridized carbons (Fsp3) is 0.500. The van der Waals surface area contributed by atoms with E-state index in [-0.39, 0.29) is 5.91 Å². The molecule has 1 aromatic rings. The molecule has 1 aliphatic rings. The number of halogens is 1. The number of carboxylic acid groups (broad SMARTS) is 2. The maximum Gasteiger partial charge on any atom is 0.503 e. The van der Waals surface area contributed by atoms with Gasteiger partial charge >= 0.3 is 6.16 Å². The molecule has 3 N–H and O–H groups in total. The van der Waals surface area contributed by atoms with Crippen molar-refractivity contribution < 1.29 is 24.5 Å². The van der Waals surface area contributed by atoms with E-state index >= 15 is 0 Å². The molecule has 128 valence electrons. The number of methoxy groups -OCH3 is 1. The van der Waals surface area contributed by atoms with Crippen LogP contribution >= 0.6 is 11.6 Å². The average molecular weight is 344 g/mol. The Morgan fingerprint density at radius 1 is 1.26 bits per heavy atom. The molecule has 1 aromatic carbocycles. The van der Waals surface area contributed by atoms with E-state index in [0.29, 0.717) is 23.2 Å². The van der Waals surface area contributed by atoms with Crippen molar-refractivity contribution in [3.8, 4) is 5.75 Å². The number of carbonyl (C=O) groups is 2. The van der Waals surface area contributed by atoms with Gasteiger partial charge in [0.25, 0.3) is 0 Å². The molecule has 0 spiro atoms. The van der Waals surface area contributed by atoms with Gasteiger partial charge in [0.1, 0.15) is 5.75 Å². The van der Waals surface area contributed by atoms with E-state index in [1.54, 1.807) is 13.2 Å². The molecule has 0 unspecified atom stereocenters. The zero-order valence-corrected chi connectivity index (χ0v) is 13.8. The number of hydrogen-bond acceptors (Lipinski definition) is 3. The quantitative estimate of drug-likeness (QED) is 0.776. The van der Waals surface area contributed by atoms with Crippen LogP contribution in [0.15, 0.2) is 18.2 Å². The van der Waals surface area contributed by atoms with Crippen LogP contribution in [-0.4, -0.2) is 35.4 Å². The third-order valence-corrected chi connectivity index (χ3v) is 3.93. The minimum Gasteiger partial charge on any atom is -0.497 e. The lowest BCUT2D eigenvalue weighted by Crippen LogP contribution is -2.37. The Morgan fingerprint density at radius 3 is 2.39 bits per heavy atom. The van der Waals surface area contributed by atoms with Crippen molar-refractivity contribution in [1.82, 2.24) is 5.32 Å². The number of benzene rings is 1. The molecule has 0 aromatic heterocycles. The van der Waals surface area contributed by atoms with E-state index in [2.05, 4.69) is 5.32 Å². The van der Waals surface area contributed by atoms with Gasteiger partial charge in [-0.25, -0.2) is 4.79 Å². The van der Waals surface area contributed by atoms with Crippen molar-refractivity contribution in [2.45, 2.75) is 44.6 Å². The summed E-state index contributed by atoms with van der Waals surface area (Å²) >= 11 is 6.13. The second-order valence-corrected chi connectivity index (χ2v) is 5.73. The Morgan fingerprint density at radius 2 is 1.87 bits per heavy atom. The van der Waals surface area contributed by atoms with Crippen LogP contribution in [0.5, 0.6) is 5.75 Å². The first kappa shape index (κ1) is 19.1. The predicted octanol–water partition coefficient (Wildman–Crippen LogP) is 3.56. The molecule has 1 saturated carbocycles. The van der Waals surface area contributed by atoms with Crippen LogP contribution in [0.25, 0.3) is 0 Å². The minimum absolute atomic E-state index is 0.0546. The summed E-state index contributed by atoms with van der Waals surface area (Å²) in [5, 5.41) is 17.6. The first-order valence-corrected chi connectivity index (χ1v) is 7.84. The molecular weight excluding hydrogens is 322 g/mol. The molecule has 2 rings (SSSR count). The maximum atomic E-state index is 12.0. The molecule has 0 atom stereocenters. The van der Waals surface area contributed by atoms with Gasteiger partial charge in [-0.3, -0.25) is 4.79 Å². The fourth-order valence-electron chi connectivity index (χ4n) is 2.50. The third-order valence-electron chi connectivity index (χ3n) is 3.58. The molecule has 0 saturated heterocycles. The highest BCUT2D eigenvalue weighted by atomic mass is 35.5. The first-order valence-electron chi connectivity index (χ1n) is 7.46. The van der Waals surface area contributed by atoms with Gasteiger partial charge in [-0.2, -0.15) is 0 Å². The van der Waals surface area contributed by atoms with Crippen molar-refractivity contribution in [3.63, 3.8) is 0 Å². The van der Waals surface area contributed by atoms with Crippen LogP contribution < -0.4 is 10.1 Å². The number of hydrogen-bond donors (Lipinski definition) is 3. The average Bonchev–Trinajstić information content (AvgIpc) is 2.49. The minimum atomic E-state index is -1.83. The smallest absolute Gasteiger partial charge is 0.497 e. The molecule has 1 amide bonds. The molecule has 6 nitrogen and oxygen atoms in total. The normalized spacial score (nSPS) is 14.3. The van der Waals surface area contributed by atoms with Gasteiger partial charge in [0, 0.05) is 11.1 Å². The van der Waals surface area contributed by atoms with Crippen LogP contribution in [0.2, 0.25) is 5.02 Å². The van der Waals surface area contributed by atoms with E-state index in [4.69, 9.17) is 31.3 Å². The zero-order chi connectivity index (χ0) is 17.2. The summed E-state index contributed by atoms with van der Waals surface area (Å²) in [6.45, 7) is 0. The lowest BCUT2D eigenvalue weighted by Gasteiger charge is -2.22. The fourth-order valence-corrected chi connectivity index (χ4v) is 2.73. The molecule has 1 fully saturated rings. The summed E-state index contributed by atoms with van der Waals surface area (Å²) in [5.74, 6) is 0.764. The van der Waals surface area contributed by atoms with E-state index in [0.717, 1.165) is 18.4 Å². The Balaban J connectivity index is 0.000000593. The van der Waals surface area contributed by atoms with Gasteiger partial charge in [-0.05, 0) is 30.5 Å². The Kier molecular flexibility index (Phi) is 8.26. The highest BCUT2D eigenvalue weighted by Gasteiger charge is 2.16. The van der Waals surface area contributed by atoms with E-state index < -0.39 is 6.16 Å². The van der Waals surface area contributed by atoms with Gasteiger partial charge in [0.05, 0.1) is 13.5 Å². The van der Waals surface area contributed by atoms with Gasteiger partial charge < -0.3 is 20.3 Å². The summed E-state index contributed by atoms with van der Waals surface area (Å²) in [7, 11) is 1.60. The van der Waals surface area contributed by atoms with Gasteiger partial charge in [0.2, 0.25) is 5.91 Å². The second-order valence-electron chi connectivity index (χ2n) is 5.32.